The van der Waals surface area contributed by atoms with Gasteiger partial charge in [-0.15, -0.1) is 0 Å². The molecular weight excluding hydrogens is 162 g/mol. The summed E-state index contributed by atoms with van der Waals surface area (Å²) in [4.78, 5) is 0. The van der Waals surface area contributed by atoms with Crippen LogP contribution in [0.5, 0.6) is 0 Å². The molecule has 1 heterocycles. The first-order valence-electron chi connectivity index (χ1n) is 4.72. The Hall–Kier alpha value is -1.02. The van der Waals surface area contributed by atoms with E-state index in [1.807, 2.05) is 18.2 Å². The van der Waals surface area contributed by atoms with Crippen LogP contribution in [0.2, 0.25) is 0 Å². The highest BCUT2D eigenvalue weighted by molar-refractivity contribution is 5.50. The van der Waals surface area contributed by atoms with Crippen LogP contribution < -0.4 is 5.73 Å². The minimum atomic E-state index is -0.0488. The third-order valence-corrected chi connectivity index (χ3v) is 2.93. The highest BCUT2D eigenvalue weighted by Gasteiger charge is 2.33. The van der Waals surface area contributed by atoms with Crippen LogP contribution in [0.4, 0.5) is 0 Å². The Labute approximate surface area is 78.4 Å². The minimum absolute atomic E-state index is 0.0488. The lowest BCUT2D eigenvalue weighted by Gasteiger charge is -2.39. The van der Waals surface area contributed by atoms with Crippen LogP contribution in [-0.4, -0.2) is 5.54 Å². The molecule has 1 aliphatic carbocycles. The molecule has 2 N–H and O–H groups in total. The highest BCUT2D eigenvalue weighted by Crippen LogP contribution is 2.36. The van der Waals surface area contributed by atoms with E-state index in [9.17, 15) is 0 Å². The predicted octanol–water partition coefficient (Wildman–Crippen LogP) is 2.56. The Kier molecular flexibility index (Phi) is 2.00. The van der Waals surface area contributed by atoms with Crippen LogP contribution in [0.1, 0.15) is 31.9 Å². The molecule has 0 spiro atoms. The lowest BCUT2D eigenvalue weighted by Crippen LogP contribution is -2.47. The summed E-state index contributed by atoms with van der Waals surface area (Å²) < 4.78 is 5.24. The van der Waals surface area contributed by atoms with Crippen molar-refractivity contribution in [1.29, 1.82) is 0 Å². The van der Waals surface area contributed by atoms with Gasteiger partial charge in [0, 0.05) is 5.54 Å². The van der Waals surface area contributed by atoms with Gasteiger partial charge in [0.15, 0.2) is 0 Å². The summed E-state index contributed by atoms with van der Waals surface area (Å²) in [6.45, 7) is 2.08. The third kappa shape index (κ3) is 1.54. The van der Waals surface area contributed by atoms with Crippen LogP contribution in [0.25, 0.3) is 6.08 Å². The standard InChI is InChI=1S/C11H15NO/c1-9(11(12)5-3-6-11)8-10-4-2-7-13-10/h2,4,7-8H,3,5-6,12H2,1H3/b9-8+. The minimum Gasteiger partial charge on any atom is -0.465 e. The van der Waals surface area contributed by atoms with Gasteiger partial charge in [-0.05, 0) is 50.0 Å². The van der Waals surface area contributed by atoms with Gasteiger partial charge >= 0.3 is 0 Å². The molecule has 13 heavy (non-hydrogen) atoms. The first-order valence-corrected chi connectivity index (χ1v) is 4.72. The normalized spacial score (nSPS) is 21.2. The molecule has 0 bridgehead atoms. The molecule has 1 fully saturated rings. The van der Waals surface area contributed by atoms with Crippen LogP contribution in [0.15, 0.2) is 28.4 Å². The van der Waals surface area contributed by atoms with Gasteiger partial charge in [0.2, 0.25) is 0 Å². The zero-order chi connectivity index (χ0) is 9.31. The van der Waals surface area contributed by atoms with Crippen molar-refractivity contribution in [2.45, 2.75) is 31.7 Å². The lowest BCUT2D eigenvalue weighted by atomic mass is 9.72. The Morgan fingerprint density at radius 2 is 2.38 bits per heavy atom. The fourth-order valence-corrected chi connectivity index (χ4v) is 1.68. The first kappa shape index (κ1) is 8.57. The SMILES string of the molecule is C/C(=C\c1ccco1)C1(N)CCC1. The largest absolute Gasteiger partial charge is 0.465 e. The molecule has 1 aromatic heterocycles. The summed E-state index contributed by atoms with van der Waals surface area (Å²) in [5.74, 6) is 0.897. The van der Waals surface area contributed by atoms with Crippen molar-refractivity contribution in [2.75, 3.05) is 0 Å². The predicted molar refractivity (Wildman–Crippen MR) is 53.1 cm³/mol. The van der Waals surface area contributed by atoms with Crippen LogP contribution in [0, 0.1) is 0 Å². The summed E-state index contributed by atoms with van der Waals surface area (Å²) in [5, 5.41) is 0. The molecule has 70 valence electrons. The van der Waals surface area contributed by atoms with Gasteiger partial charge in [0.05, 0.1) is 6.26 Å². The Morgan fingerprint density at radius 3 is 2.85 bits per heavy atom. The van der Waals surface area contributed by atoms with Crippen molar-refractivity contribution in [1.82, 2.24) is 0 Å². The number of nitrogens with two attached hydrogens (primary N) is 1. The van der Waals surface area contributed by atoms with Crippen molar-refractivity contribution in [3.63, 3.8) is 0 Å². The molecule has 0 saturated heterocycles. The van der Waals surface area contributed by atoms with Crippen molar-refractivity contribution in [3.05, 3.63) is 29.7 Å². The van der Waals surface area contributed by atoms with Gasteiger partial charge in [-0.1, -0.05) is 0 Å². The molecule has 0 aliphatic heterocycles. The number of rotatable bonds is 2. The molecule has 2 heteroatoms. The maximum Gasteiger partial charge on any atom is 0.126 e. The second kappa shape index (κ2) is 3.04. The van der Waals surface area contributed by atoms with Crippen LogP contribution in [-0.2, 0) is 0 Å². The number of furan rings is 1. The average Bonchev–Trinajstić information content (AvgIpc) is 2.52. The summed E-state index contributed by atoms with van der Waals surface area (Å²) in [6.07, 6.45) is 7.19. The molecule has 0 aromatic carbocycles. The van der Waals surface area contributed by atoms with E-state index in [0.29, 0.717) is 0 Å². The third-order valence-electron chi connectivity index (χ3n) is 2.93. The van der Waals surface area contributed by atoms with Gasteiger partial charge in [0.1, 0.15) is 5.76 Å². The van der Waals surface area contributed by atoms with E-state index in [-0.39, 0.29) is 5.54 Å². The fraction of sp³-hybridized carbons (Fsp3) is 0.455. The van der Waals surface area contributed by atoms with Gasteiger partial charge in [-0.2, -0.15) is 0 Å². The Bertz CT molecular complexity index is 307. The van der Waals surface area contributed by atoms with E-state index in [4.69, 9.17) is 10.2 Å². The van der Waals surface area contributed by atoms with Crippen molar-refractivity contribution in [3.8, 4) is 0 Å². The van der Waals surface area contributed by atoms with Crippen molar-refractivity contribution in [2.24, 2.45) is 5.73 Å². The summed E-state index contributed by atoms with van der Waals surface area (Å²) >= 11 is 0. The smallest absolute Gasteiger partial charge is 0.126 e. The summed E-state index contributed by atoms with van der Waals surface area (Å²) in [7, 11) is 0. The Morgan fingerprint density at radius 1 is 1.62 bits per heavy atom. The van der Waals surface area contributed by atoms with E-state index < -0.39 is 0 Å². The molecule has 2 nitrogen and oxygen atoms in total. The molecule has 2 rings (SSSR count). The number of hydrogen-bond acceptors (Lipinski definition) is 2. The first-order chi connectivity index (χ1) is 6.21. The van der Waals surface area contributed by atoms with E-state index in [1.165, 1.54) is 12.0 Å². The van der Waals surface area contributed by atoms with Gasteiger partial charge in [-0.3, -0.25) is 0 Å². The fourth-order valence-electron chi connectivity index (χ4n) is 1.68. The topological polar surface area (TPSA) is 39.2 Å². The molecule has 0 unspecified atom stereocenters. The van der Waals surface area contributed by atoms with E-state index in [2.05, 4.69) is 6.92 Å². The number of hydrogen-bond donors (Lipinski definition) is 1. The van der Waals surface area contributed by atoms with Crippen LogP contribution >= 0.6 is 0 Å². The Balaban J connectivity index is 2.16. The molecular formula is C11H15NO. The van der Waals surface area contributed by atoms with Crippen molar-refractivity contribution < 1.29 is 4.42 Å². The zero-order valence-electron chi connectivity index (χ0n) is 7.92. The van der Waals surface area contributed by atoms with E-state index in [0.717, 1.165) is 18.6 Å². The summed E-state index contributed by atoms with van der Waals surface area (Å²) in [5.41, 5.74) is 7.33. The molecule has 1 aromatic rings. The van der Waals surface area contributed by atoms with E-state index >= 15 is 0 Å². The zero-order valence-corrected chi connectivity index (χ0v) is 7.92. The second-order valence-electron chi connectivity index (χ2n) is 3.85. The quantitative estimate of drug-likeness (QED) is 0.754. The maximum atomic E-state index is 6.15. The monoisotopic (exact) mass is 177 g/mol. The molecule has 0 amide bonds. The molecule has 1 saturated carbocycles. The molecule has 0 radical (unpaired) electrons. The summed E-state index contributed by atoms with van der Waals surface area (Å²) in [6, 6.07) is 3.84. The van der Waals surface area contributed by atoms with Crippen molar-refractivity contribution >= 4 is 6.08 Å². The maximum absolute atomic E-state index is 6.15. The van der Waals surface area contributed by atoms with E-state index in [1.54, 1.807) is 6.26 Å². The highest BCUT2D eigenvalue weighted by atomic mass is 16.3. The van der Waals surface area contributed by atoms with Crippen LogP contribution in [0.3, 0.4) is 0 Å². The molecule has 1 aliphatic rings. The average molecular weight is 177 g/mol. The van der Waals surface area contributed by atoms with Gasteiger partial charge in [0.25, 0.3) is 0 Å². The molecule has 0 atom stereocenters. The van der Waals surface area contributed by atoms with Gasteiger partial charge in [-0.25, -0.2) is 0 Å². The lowest BCUT2D eigenvalue weighted by molar-refractivity contribution is 0.300. The van der Waals surface area contributed by atoms with Gasteiger partial charge < -0.3 is 10.2 Å². The second-order valence-corrected chi connectivity index (χ2v) is 3.85.